The highest BCUT2D eigenvalue weighted by atomic mass is 28.4. The van der Waals surface area contributed by atoms with Crippen LogP contribution in [0.15, 0.2) is 107 Å². The molecule has 38 heavy (non-hydrogen) atoms. The lowest BCUT2D eigenvalue weighted by atomic mass is 10.0. The highest BCUT2D eigenvalue weighted by molar-refractivity contribution is 6.74. The summed E-state index contributed by atoms with van der Waals surface area (Å²) in [6.45, 7) is 11.2. The summed E-state index contributed by atoms with van der Waals surface area (Å²) >= 11 is 0. The van der Waals surface area contributed by atoms with Crippen LogP contribution in [0.1, 0.15) is 37.5 Å². The molecule has 2 heterocycles. The van der Waals surface area contributed by atoms with Crippen molar-refractivity contribution in [2.45, 2.75) is 45.3 Å². The third kappa shape index (κ3) is 5.31. The standard InChI is InChI=1S/C32H33N3O2Si/c1-32(2,3)38(4,5)37-26-18-12-17-25(21-26)29-22-35-30(27(33-29)19-23-13-8-6-9-14-23)34-28(31(35)36)20-24-15-10-7-11-16-24/h6-18,20-22H,19H2,1-5H3/b28-20-. The topological polar surface area (TPSA) is 54.3 Å². The van der Waals surface area contributed by atoms with Gasteiger partial charge in [-0.05, 0) is 47.5 Å². The lowest BCUT2D eigenvalue weighted by molar-refractivity contribution is -0.120. The first kappa shape index (κ1) is 25.6. The fourth-order valence-corrected chi connectivity index (χ4v) is 5.14. The summed E-state index contributed by atoms with van der Waals surface area (Å²) in [5, 5.41) is 0.0863. The molecule has 0 atom stereocenters. The van der Waals surface area contributed by atoms with E-state index in [1.807, 2.05) is 78.9 Å². The van der Waals surface area contributed by atoms with Gasteiger partial charge in [0.1, 0.15) is 11.4 Å². The van der Waals surface area contributed by atoms with Crippen LogP contribution in [-0.4, -0.2) is 30.7 Å². The van der Waals surface area contributed by atoms with Gasteiger partial charge in [0.15, 0.2) is 5.84 Å². The highest BCUT2D eigenvalue weighted by Crippen LogP contribution is 2.38. The van der Waals surface area contributed by atoms with Crippen LogP contribution in [-0.2, 0) is 11.2 Å². The first-order valence-corrected chi connectivity index (χ1v) is 15.8. The number of carbonyl (C=O) groups is 1. The molecule has 6 heteroatoms. The largest absolute Gasteiger partial charge is 0.543 e. The zero-order chi connectivity index (χ0) is 26.9. The Bertz CT molecular complexity index is 1480. The number of fused-ring (bicyclic) bond motifs is 1. The van der Waals surface area contributed by atoms with Crippen LogP contribution < -0.4 is 4.43 Å². The number of benzene rings is 3. The van der Waals surface area contributed by atoms with Gasteiger partial charge in [0, 0.05) is 18.2 Å². The minimum absolute atomic E-state index is 0.0863. The average Bonchev–Trinajstić information content (AvgIpc) is 3.20. The molecule has 0 fully saturated rings. The van der Waals surface area contributed by atoms with Gasteiger partial charge < -0.3 is 4.43 Å². The van der Waals surface area contributed by atoms with E-state index in [1.165, 1.54) is 0 Å². The van der Waals surface area contributed by atoms with E-state index >= 15 is 0 Å². The lowest BCUT2D eigenvalue weighted by Crippen LogP contribution is -2.43. The van der Waals surface area contributed by atoms with Crippen molar-refractivity contribution in [1.29, 1.82) is 0 Å². The van der Waals surface area contributed by atoms with E-state index in [4.69, 9.17) is 14.4 Å². The molecule has 0 bridgehead atoms. The van der Waals surface area contributed by atoms with Crippen molar-refractivity contribution < 1.29 is 9.22 Å². The molecule has 192 valence electrons. The smallest absolute Gasteiger partial charge is 0.282 e. The van der Waals surface area contributed by atoms with Crippen molar-refractivity contribution in [1.82, 2.24) is 4.90 Å². The quantitative estimate of drug-likeness (QED) is 0.253. The van der Waals surface area contributed by atoms with Gasteiger partial charge in [-0.25, -0.2) is 9.98 Å². The molecule has 5 rings (SSSR count). The molecular weight excluding hydrogens is 486 g/mol. The van der Waals surface area contributed by atoms with Crippen molar-refractivity contribution in [3.8, 4) is 5.75 Å². The van der Waals surface area contributed by atoms with Gasteiger partial charge in [0.05, 0.1) is 11.4 Å². The van der Waals surface area contributed by atoms with E-state index in [1.54, 1.807) is 11.1 Å². The van der Waals surface area contributed by atoms with E-state index in [0.29, 0.717) is 23.7 Å². The van der Waals surface area contributed by atoms with Crippen LogP contribution in [0.3, 0.4) is 0 Å². The summed E-state index contributed by atoms with van der Waals surface area (Å²) in [5.41, 5.74) is 4.82. The lowest BCUT2D eigenvalue weighted by Gasteiger charge is -2.36. The summed E-state index contributed by atoms with van der Waals surface area (Å²) in [6.07, 6.45) is 4.20. The minimum Gasteiger partial charge on any atom is -0.543 e. The van der Waals surface area contributed by atoms with Crippen molar-refractivity contribution >= 4 is 37.5 Å². The van der Waals surface area contributed by atoms with Crippen LogP contribution in [0.2, 0.25) is 18.1 Å². The zero-order valence-corrected chi connectivity index (χ0v) is 23.6. The summed E-state index contributed by atoms with van der Waals surface area (Å²) in [4.78, 5) is 24.9. The number of rotatable bonds is 6. The van der Waals surface area contributed by atoms with Crippen molar-refractivity contribution in [3.05, 3.63) is 114 Å². The van der Waals surface area contributed by atoms with Crippen molar-refractivity contribution in [2.75, 3.05) is 0 Å². The van der Waals surface area contributed by atoms with Crippen LogP contribution in [0, 0.1) is 0 Å². The molecule has 1 amide bonds. The van der Waals surface area contributed by atoms with Crippen molar-refractivity contribution in [3.63, 3.8) is 0 Å². The number of aliphatic imine (C=N–C) groups is 2. The van der Waals surface area contributed by atoms with Gasteiger partial charge in [-0.1, -0.05) is 93.6 Å². The predicted octanol–water partition coefficient (Wildman–Crippen LogP) is 7.35. The third-order valence-electron chi connectivity index (χ3n) is 7.28. The second kappa shape index (κ2) is 10.0. The minimum atomic E-state index is -2.01. The average molecular weight is 520 g/mol. The third-order valence-corrected chi connectivity index (χ3v) is 11.6. The van der Waals surface area contributed by atoms with E-state index in [9.17, 15) is 4.79 Å². The molecule has 0 N–H and O–H groups in total. The second-order valence-corrected chi connectivity index (χ2v) is 15.9. The normalized spacial score (nSPS) is 16.7. The Morgan fingerprint density at radius 3 is 2.26 bits per heavy atom. The van der Waals surface area contributed by atoms with Crippen LogP contribution in [0.25, 0.3) is 11.8 Å². The monoisotopic (exact) mass is 519 g/mol. The predicted molar refractivity (Wildman–Crippen MR) is 159 cm³/mol. The van der Waals surface area contributed by atoms with E-state index < -0.39 is 8.32 Å². The zero-order valence-electron chi connectivity index (χ0n) is 22.6. The fourth-order valence-electron chi connectivity index (χ4n) is 4.12. The Kier molecular flexibility index (Phi) is 6.76. The maximum atomic E-state index is 13.5. The highest BCUT2D eigenvalue weighted by Gasteiger charge is 2.39. The maximum absolute atomic E-state index is 13.5. The molecular formula is C32H33N3O2Si. The summed E-state index contributed by atoms with van der Waals surface area (Å²) in [6, 6.07) is 28.0. The SMILES string of the molecule is CC(C)(C)[Si](C)(C)Oc1cccc(C2=CN3C(=O)/C(=C/c4ccccc4)N=C3C(Cc3ccccc3)=N2)c1. The Labute approximate surface area is 226 Å². The second-order valence-electron chi connectivity index (χ2n) is 11.2. The first-order valence-electron chi connectivity index (χ1n) is 12.9. The van der Waals surface area contributed by atoms with Gasteiger partial charge >= 0.3 is 0 Å². The Morgan fingerprint density at radius 2 is 1.58 bits per heavy atom. The van der Waals surface area contributed by atoms with Gasteiger partial charge in [0.2, 0.25) is 8.32 Å². The summed E-state index contributed by atoms with van der Waals surface area (Å²) in [7, 11) is -2.01. The molecule has 0 aromatic heterocycles. The Hall–Kier alpha value is -4.03. The molecule has 0 aliphatic carbocycles. The van der Waals surface area contributed by atoms with Gasteiger partial charge in [-0.2, -0.15) is 0 Å². The maximum Gasteiger partial charge on any atom is 0.282 e. The van der Waals surface area contributed by atoms with Crippen LogP contribution >= 0.6 is 0 Å². The molecule has 0 saturated carbocycles. The molecule has 2 aliphatic heterocycles. The fraction of sp³-hybridized carbons (Fsp3) is 0.219. The number of carbonyl (C=O) groups excluding carboxylic acids is 1. The molecule has 0 saturated heterocycles. The number of nitrogens with zero attached hydrogens (tertiary/aromatic N) is 3. The number of hydrogen-bond acceptors (Lipinski definition) is 4. The molecule has 5 nitrogen and oxygen atoms in total. The molecule has 3 aromatic rings. The number of amidine groups is 1. The van der Waals surface area contributed by atoms with Gasteiger partial charge in [0.25, 0.3) is 5.91 Å². The van der Waals surface area contributed by atoms with E-state index in [-0.39, 0.29) is 10.9 Å². The Balaban J connectivity index is 1.53. The molecule has 0 unspecified atom stereocenters. The van der Waals surface area contributed by atoms with Crippen LogP contribution in [0.4, 0.5) is 0 Å². The summed E-state index contributed by atoms with van der Waals surface area (Å²) in [5.74, 6) is 1.25. The first-order chi connectivity index (χ1) is 18.1. The Morgan fingerprint density at radius 1 is 0.895 bits per heavy atom. The van der Waals surface area contributed by atoms with E-state index in [0.717, 1.165) is 28.2 Å². The van der Waals surface area contributed by atoms with E-state index in [2.05, 4.69) is 46.0 Å². The van der Waals surface area contributed by atoms with Gasteiger partial charge in [-0.3, -0.25) is 9.69 Å². The molecule has 0 radical (unpaired) electrons. The van der Waals surface area contributed by atoms with Crippen LogP contribution in [0.5, 0.6) is 5.75 Å². The molecule has 3 aromatic carbocycles. The van der Waals surface area contributed by atoms with Gasteiger partial charge in [-0.15, -0.1) is 0 Å². The summed E-state index contributed by atoms with van der Waals surface area (Å²) < 4.78 is 6.56. The number of amides is 1. The van der Waals surface area contributed by atoms with Crippen molar-refractivity contribution in [2.24, 2.45) is 9.98 Å². The molecule has 2 aliphatic rings. The number of hydrogen-bond donors (Lipinski definition) is 0. The molecule has 0 spiro atoms.